The van der Waals surface area contributed by atoms with E-state index in [1.807, 2.05) is 24.3 Å². The Morgan fingerprint density at radius 1 is 1.27 bits per heavy atom. The number of benzene rings is 1. The summed E-state index contributed by atoms with van der Waals surface area (Å²) in [7, 11) is 0. The lowest BCUT2D eigenvalue weighted by atomic mass is 9.81. The molecule has 1 aliphatic heterocycles. The van der Waals surface area contributed by atoms with E-state index >= 15 is 0 Å². The number of halogens is 1. The van der Waals surface area contributed by atoms with Gasteiger partial charge in [0.15, 0.2) is 0 Å². The normalized spacial score (nSPS) is 25.5. The van der Waals surface area contributed by atoms with Crippen molar-refractivity contribution in [2.45, 2.75) is 18.8 Å². The van der Waals surface area contributed by atoms with Gasteiger partial charge in [0, 0.05) is 3.57 Å². The molecule has 0 N–H and O–H groups in total. The lowest BCUT2D eigenvalue weighted by Gasteiger charge is -2.17. The lowest BCUT2D eigenvalue weighted by molar-refractivity contribution is -0.153. The van der Waals surface area contributed by atoms with E-state index in [2.05, 4.69) is 27.3 Å². The third-order valence-corrected chi connectivity index (χ3v) is 3.36. The van der Waals surface area contributed by atoms with Gasteiger partial charge in [-0.15, -0.1) is 0 Å². The van der Waals surface area contributed by atoms with E-state index in [-0.39, 0.29) is 6.42 Å². The molecule has 0 aromatic heterocycles. The molecule has 0 amide bonds. The van der Waals surface area contributed by atoms with Gasteiger partial charge in [0.1, 0.15) is 5.41 Å². The maximum Gasteiger partial charge on any atom is 0.324 e. The first-order valence-corrected chi connectivity index (χ1v) is 5.61. The highest BCUT2D eigenvalue weighted by molar-refractivity contribution is 14.1. The third-order valence-electron chi connectivity index (χ3n) is 2.64. The molecule has 1 heterocycles. The van der Waals surface area contributed by atoms with Gasteiger partial charge in [0.2, 0.25) is 0 Å². The van der Waals surface area contributed by atoms with Crippen molar-refractivity contribution in [3.05, 3.63) is 33.4 Å². The monoisotopic (exact) mass is 316 g/mol. The molecule has 78 valence electrons. The van der Waals surface area contributed by atoms with Gasteiger partial charge in [-0.1, -0.05) is 12.1 Å². The van der Waals surface area contributed by atoms with Crippen molar-refractivity contribution in [2.75, 3.05) is 0 Å². The van der Waals surface area contributed by atoms with Crippen LogP contribution in [0.1, 0.15) is 18.9 Å². The van der Waals surface area contributed by atoms with E-state index in [9.17, 15) is 9.59 Å². The van der Waals surface area contributed by atoms with Gasteiger partial charge in [0.05, 0.1) is 6.42 Å². The molecule has 1 aromatic carbocycles. The Labute approximate surface area is 101 Å². The Morgan fingerprint density at radius 3 is 2.33 bits per heavy atom. The van der Waals surface area contributed by atoms with Crippen LogP contribution in [0.5, 0.6) is 0 Å². The zero-order valence-corrected chi connectivity index (χ0v) is 10.3. The van der Waals surface area contributed by atoms with Crippen LogP contribution in [0, 0.1) is 3.57 Å². The first kappa shape index (κ1) is 10.6. The molecule has 0 bridgehead atoms. The van der Waals surface area contributed by atoms with E-state index in [1.54, 1.807) is 6.92 Å². The number of hydrogen-bond acceptors (Lipinski definition) is 3. The zero-order valence-electron chi connectivity index (χ0n) is 8.12. The summed E-state index contributed by atoms with van der Waals surface area (Å²) < 4.78 is 5.68. The van der Waals surface area contributed by atoms with Gasteiger partial charge < -0.3 is 4.74 Å². The van der Waals surface area contributed by atoms with Crippen LogP contribution >= 0.6 is 22.6 Å². The van der Waals surface area contributed by atoms with Crippen LogP contribution in [0.4, 0.5) is 0 Å². The smallest absolute Gasteiger partial charge is 0.324 e. The van der Waals surface area contributed by atoms with Crippen molar-refractivity contribution in [2.24, 2.45) is 0 Å². The van der Waals surface area contributed by atoms with Gasteiger partial charge in [-0.3, -0.25) is 9.59 Å². The minimum atomic E-state index is -0.804. The quantitative estimate of drug-likeness (QED) is 0.452. The number of hydrogen-bond donors (Lipinski definition) is 0. The molecule has 1 saturated heterocycles. The van der Waals surface area contributed by atoms with E-state index in [0.717, 1.165) is 9.13 Å². The van der Waals surface area contributed by atoms with Crippen molar-refractivity contribution in [1.29, 1.82) is 0 Å². The number of ether oxygens (including phenoxy) is 1. The fraction of sp³-hybridized carbons (Fsp3) is 0.273. The molecule has 1 aliphatic rings. The average molecular weight is 316 g/mol. The molecule has 1 unspecified atom stereocenters. The number of cyclic esters (lactones) is 2. The zero-order chi connectivity index (χ0) is 11.1. The topological polar surface area (TPSA) is 43.4 Å². The van der Waals surface area contributed by atoms with Gasteiger partial charge in [-0.2, -0.15) is 0 Å². The van der Waals surface area contributed by atoms with Gasteiger partial charge in [0.25, 0.3) is 0 Å². The van der Waals surface area contributed by atoms with E-state index < -0.39 is 17.4 Å². The summed E-state index contributed by atoms with van der Waals surface area (Å²) >= 11 is 2.19. The SMILES string of the molecule is CC1(c2ccc(I)cc2)CC(=O)OC1=O. The molecule has 2 rings (SSSR count). The van der Waals surface area contributed by atoms with Crippen LogP contribution in [-0.2, 0) is 19.7 Å². The molecule has 0 radical (unpaired) electrons. The highest BCUT2D eigenvalue weighted by atomic mass is 127. The summed E-state index contributed by atoms with van der Waals surface area (Å²) in [6.45, 7) is 1.74. The van der Waals surface area contributed by atoms with Crippen molar-refractivity contribution in [1.82, 2.24) is 0 Å². The van der Waals surface area contributed by atoms with E-state index in [1.165, 1.54) is 0 Å². The first-order chi connectivity index (χ1) is 7.02. The van der Waals surface area contributed by atoms with Crippen LogP contribution in [0.2, 0.25) is 0 Å². The van der Waals surface area contributed by atoms with Crippen molar-refractivity contribution in [3.63, 3.8) is 0 Å². The third kappa shape index (κ3) is 1.78. The molecule has 4 heteroatoms. The summed E-state index contributed by atoms with van der Waals surface area (Å²) in [5.41, 5.74) is 0.0280. The van der Waals surface area contributed by atoms with Crippen LogP contribution in [-0.4, -0.2) is 11.9 Å². The Kier molecular flexibility index (Phi) is 2.54. The second-order valence-corrected chi connectivity index (χ2v) is 5.02. The molecule has 1 atom stereocenters. The molecular formula is C11H9IO3. The van der Waals surface area contributed by atoms with Crippen LogP contribution in [0.15, 0.2) is 24.3 Å². The van der Waals surface area contributed by atoms with E-state index in [0.29, 0.717) is 0 Å². The van der Waals surface area contributed by atoms with Gasteiger partial charge >= 0.3 is 11.9 Å². The summed E-state index contributed by atoms with van der Waals surface area (Å²) in [6, 6.07) is 7.55. The Balaban J connectivity index is 2.41. The second-order valence-electron chi connectivity index (χ2n) is 3.78. The minimum absolute atomic E-state index is 0.131. The average Bonchev–Trinajstić information content (AvgIpc) is 2.42. The first-order valence-electron chi connectivity index (χ1n) is 4.53. The van der Waals surface area contributed by atoms with Crippen LogP contribution in [0.25, 0.3) is 0 Å². The summed E-state index contributed by atoms with van der Waals surface area (Å²) in [5.74, 6) is -0.894. The molecule has 3 nitrogen and oxygen atoms in total. The molecule has 15 heavy (non-hydrogen) atoms. The molecular weight excluding hydrogens is 307 g/mol. The number of rotatable bonds is 1. The van der Waals surface area contributed by atoms with Crippen molar-refractivity contribution >= 4 is 34.5 Å². The number of carbonyl (C=O) groups is 2. The fourth-order valence-electron chi connectivity index (χ4n) is 1.65. The maximum absolute atomic E-state index is 11.5. The summed E-state index contributed by atoms with van der Waals surface area (Å²) in [6.07, 6.45) is 0.131. The largest absolute Gasteiger partial charge is 0.392 e. The molecule has 0 saturated carbocycles. The van der Waals surface area contributed by atoms with Gasteiger partial charge in [-0.25, -0.2) is 0 Å². The maximum atomic E-state index is 11.5. The Morgan fingerprint density at radius 2 is 1.87 bits per heavy atom. The summed E-state index contributed by atoms with van der Waals surface area (Å²) in [4.78, 5) is 22.6. The predicted molar refractivity (Wildman–Crippen MR) is 62.2 cm³/mol. The number of esters is 2. The highest BCUT2D eigenvalue weighted by Gasteiger charge is 2.46. The fourth-order valence-corrected chi connectivity index (χ4v) is 2.01. The van der Waals surface area contributed by atoms with Crippen LogP contribution in [0.3, 0.4) is 0 Å². The van der Waals surface area contributed by atoms with Crippen molar-refractivity contribution in [3.8, 4) is 0 Å². The summed E-state index contributed by atoms with van der Waals surface area (Å²) in [5, 5.41) is 0. The molecule has 1 aromatic rings. The standard InChI is InChI=1S/C11H9IO3/c1-11(6-9(13)15-10(11)14)7-2-4-8(12)5-3-7/h2-5H,6H2,1H3. The number of carbonyl (C=O) groups excluding carboxylic acids is 2. The van der Waals surface area contributed by atoms with Crippen LogP contribution < -0.4 is 0 Å². The Bertz CT molecular complexity index is 424. The van der Waals surface area contributed by atoms with Crippen molar-refractivity contribution < 1.29 is 14.3 Å². The minimum Gasteiger partial charge on any atom is -0.392 e. The van der Waals surface area contributed by atoms with Gasteiger partial charge in [-0.05, 0) is 47.2 Å². The molecule has 1 fully saturated rings. The van der Waals surface area contributed by atoms with E-state index in [4.69, 9.17) is 0 Å². The predicted octanol–water partition coefficient (Wildman–Crippen LogP) is 2.02. The molecule has 0 aliphatic carbocycles. The Hall–Kier alpha value is -0.910. The second kappa shape index (κ2) is 3.59. The molecule has 0 spiro atoms. The highest BCUT2D eigenvalue weighted by Crippen LogP contribution is 2.34. The lowest BCUT2D eigenvalue weighted by Crippen LogP contribution is -2.27.